The second kappa shape index (κ2) is 10.1. The zero-order chi connectivity index (χ0) is 26.7. The molecule has 2 aromatic carbocycles. The number of carbonyl (C=O) groups is 1. The number of nitrogens with zero attached hydrogens (tertiary/aromatic N) is 3. The largest absolute Gasteiger partial charge is 0.438 e. The first-order valence-corrected chi connectivity index (χ1v) is 11.9. The van der Waals surface area contributed by atoms with Crippen molar-refractivity contribution in [2.45, 2.75) is 40.0 Å². The SMILES string of the molecule is Cc1ccc(NC(=O)/C(C#N)=C\c2c(Oc3ccc(C(C)(C)C)cc3)nc3ccccn3c2=O)cc1C. The minimum absolute atomic E-state index is 0.00427. The van der Waals surface area contributed by atoms with Crippen LogP contribution in [0.3, 0.4) is 0 Å². The molecule has 0 aliphatic rings. The molecule has 186 valence electrons. The predicted molar refractivity (Wildman–Crippen MR) is 145 cm³/mol. The van der Waals surface area contributed by atoms with Crippen LogP contribution < -0.4 is 15.6 Å². The number of rotatable bonds is 5. The fourth-order valence-electron chi connectivity index (χ4n) is 3.73. The van der Waals surface area contributed by atoms with Crippen LogP contribution in [0.25, 0.3) is 11.7 Å². The van der Waals surface area contributed by atoms with Gasteiger partial charge in [0.25, 0.3) is 11.5 Å². The third-order valence-corrected chi connectivity index (χ3v) is 6.09. The number of amides is 1. The molecular formula is C30H28N4O3. The number of nitrogens with one attached hydrogen (secondary N) is 1. The van der Waals surface area contributed by atoms with Gasteiger partial charge in [0.15, 0.2) is 0 Å². The Morgan fingerprint density at radius 3 is 2.43 bits per heavy atom. The Labute approximate surface area is 215 Å². The van der Waals surface area contributed by atoms with E-state index in [2.05, 4.69) is 31.1 Å². The van der Waals surface area contributed by atoms with E-state index in [1.165, 1.54) is 10.5 Å². The highest BCUT2D eigenvalue weighted by atomic mass is 16.5. The molecule has 0 aliphatic carbocycles. The fourth-order valence-corrected chi connectivity index (χ4v) is 3.73. The number of fused-ring (bicyclic) bond motifs is 1. The van der Waals surface area contributed by atoms with Crippen molar-refractivity contribution in [3.8, 4) is 17.7 Å². The highest BCUT2D eigenvalue weighted by molar-refractivity contribution is 6.09. The molecule has 0 saturated carbocycles. The number of benzene rings is 2. The van der Waals surface area contributed by atoms with Crippen molar-refractivity contribution in [2.24, 2.45) is 0 Å². The summed E-state index contributed by atoms with van der Waals surface area (Å²) >= 11 is 0. The van der Waals surface area contributed by atoms with E-state index in [1.54, 1.807) is 42.6 Å². The first kappa shape index (κ1) is 25.4. The maximum Gasteiger partial charge on any atom is 0.269 e. The van der Waals surface area contributed by atoms with E-state index in [-0.39, 0.29) is 22.4 Å². The van der Waals surface area contributed by atoms with E-state index in [0.29, 0.717) is 17.1 Å². The standard InChI is InChI=1S/C30H28N4O3/c1-19-9-12-23(16-20(19)2)32-27(35)21(18-31)17-25-28(33-26-8-6-7-15-34(26)29(25)36)37-24-13-10-22(11-14-24)30(3,4)5/h6-17H,1-5H3,(H,32,35)/b21-17-. The molecule has 1 N–H and O–H groups in total. The lowest BCUT2D eigenvalue weighted by atomic mass is 9.87. The van der Waals surface area contributed by atoms with Crippen LogP contribution in [-0.2, 0) is 10.2 Å². The number of hydrogen-bond donors (Lipinski definition) is 1. The summed E-state index contributed by atoms with van der Waals surface area (Å²) in [6, 6.07) is 20.0. The molecule has 4 rings (SSSR count). The van der Waals surface area contributed by atoms with E-state index >= 15 is 0 Å². The van der Waals surface area contributed by atoms with E-state index in [0.717, 1.165) is 16.7 Å². The Balaban J connectivity index is 1.76. The normalized spacial score (nSPS) is 11.7. The number of hydrogen-bond acceptors (Lipinski definition) is 5. The smallest absolute Gasteiger partial charge is 0.269 e. The van der Waals surface area contributed by atoms with Gasteiger partial charge < -0.3 is 10.1 Å². The maximum absolute atomic E-state index is 13.4. The molecule has 0 spiro atoms. The van der Waals surface area contributed by atoms with Crippen LogP contribution in [0.15, 0.2) is 77.2 Å². The van der Waals surface area contributed by atoms with E-state index < -0.39 is 11.5 Å². The predicted octanol–water partition coefficient (Wildman–Crippen LogP) is 5.95. The summed E-state index contributed by atoms with van der Waals surface area (Å²) < 4.78 is 7.37. The average Bonchev–Trinajstić information content (AvgIpc) is 2.86. The van der Waals surface area contributed by atoms with Crippen LogP contribution in [0.5, 0.6) is 11.6 Å². The van der Waals surface area contributed by atoms with Crippen LogP contribution >= 0.6 is 0 Å². The molecule has 37 heavy (non-hydrogen) atoms. The molecule has 1 amide bonds. The number of pyridine rings is 1. The zero-order valence-electron chi connectivity index (χ0n) is 21.5. The molecular weight excluding hydrogens is 464 g/mol. The topological polar surface area (TPSA) is 96.5 Å². The van der Waals surface area contributed by atoms with Gasteiger partial charge in [-0.3, -0.25) is 14.0 Å². The van der Waals surface area contributed by atoms with Gasteiger partial charge in [0.05, 0.1) is 0 Å². The number of aromatic nitrogens is 2. The van der Waals surface area contributed by atoms with Crippen molar-refractivity contribution in [1.29, 1.82) is 5.26 Å². The molecule has 7 nitrogen and oxygen atoms in total. The summed E-state index contributed by atoms with van der Waals surface area (Å²) in [7, 11) is 0. The van der Waals surface area contributed by atoms with Crippen LogP contribution in [0.4, 0.5) is 5.69 Å². The van der Waals surface area contributed by atoms with E-state index in [9.17, 15) is 14.9 Å². The van der Waals surface area contributed by atoms with Gasteiger partial charge in [-0.1, -0.05) is 45.0 Å². The third kappa shape index (κ3) is 5.60. The quantitative estimate of drug-likeness (QED) is 0.274. The molecule has 0 radical (unpaired) electrons. The summed E-state index contributed by atoms with van der Waals surface area (Å²) in [5, 5.41) is 12.5. The first-order chi connectivity index (χ1) is 17.6. The van der Waals surface area contributed by atoms with Crippen LogP contribution in [-0.4, -0.2) is 15.3 Å². The number of nitriles is 1. The molecule has 2 aromatic heterocycles. The second-order valence-electron chi connectivity index (χ2n) is 9.86. The van der Waals surface area contributed by atoms with Gasteiger partial charge >= 0.3 is 0 Å². The highest BCUT2D eigenvalue weighted by Crippen LogP contribution is 2.28. The van der Waals surface area contributed by atoms with Crippen LogP contribution in [0, 0.1) is 25.2 Å². The highest BCUT2D eigenvalue weighted by Gasteiger charge is 2.18. The Hall–Kier alpha value is -4.70. The third-order valence-electron chi connectivity index (χ3n) is 6.09. The van der Waals surface area contributed by atoms with Gasteiger partial charge in [0, 0.05) is 11.9 Å². The minimum atomic E-state index is -0.635. The van der Waals surface area contributed by atoms with E-state index in [4.69, 9.17) is 4.74 Å². The second-order valence-corrected chi connectivity index (χ2v) is 9.86. The first-order valence-electron chi connectivity index (χ1n) is 11.9. The summed E-state index contributed by atoms with van der Waals surface area (Å²) in [5.41, 5.74) is 3.41. The van der Waals surface area contributed by atoms with Crippen molar-refractivity contribution in [1.82, 2.24) is 9.38 Å². The van der Waals surface area contributed by atoms with Crippen molar-refractivity contribution in [3.63, 3.8) is 0 Å². The van der Waals surface area contributed by atoms with Crippen molar-refractivity contribution in [2.75, 3.05) is 5.32 Å². The molecule has 4 aromatic rings. The summed E-state index contributed by atoms with van der Waals surface area (Å²) in [4.78, 5) is 30.9. The van der Waals surface area contributed by atoms with Crippen LogP contribution in [0.1, 0.15) is 43.0 Å². The monoisotopic (exact) mass is 492 g/mol. The number of carbonyl (C=O) groups excluding carboxylic acids is 1. The number of aryl methyl sites for hydroxylation is 2. The van der Waals surface area contributed by atoms with Crippen molar-refractivity contribution >= 4 is 23.3 Å². The van der Waals surface area contributed by atoms with Gasteiger partial charge in [-0.2, -0.15) is 10.2 Å². The van der Waals surface area contributed by atoms with Crippen LogP contribution in [0.2, 0.25) is 0 Å². The molecule has 0 saturated heterocycles. The summed E-state index contributed by atoms with van der Waals surface area (Å²) in [6.45, 7) is 10.3. The number of anilines is 1. The lowest BCUT2D eigenvalue weighted by Gasteiger charge is -2.19. The zero-order valence-corrected chi connectivity index (χ0v) is 21.5. The Kier molecular flexibility index (Phi) is 6.94. The Morgan fingerprint density at radius 1 is 1.05 bits per heavy atom. The molecule has 7 heteroatoms. The summed E-state index contributed by atoms with van der Waals surface area (Å²) in [6.07, 6.45) is 2.80. The number of ether oxygens (including phenoxy) is 1. The molecule has 2 heterocycles. The van der Waals surface area contributed by atoms with Gasteiger partial charge in [0.2, 0.25) is 5.88 Å². The molecule has 0 aliphatic heterocycles. The molecule has 0 unspecified atom stereocenters. The lowest BCUT2D eigenvalue weighted by Crippen LogP contribution is -2.20. The minimum Gasteiger partial charge on any atom is -0.438 e. The van der Waals surface area contributed by atoms with E-state index in [1.807, 2.05) is 44.2 Å². The molecule has 0 bridgehead atoms. The fraction of sp³-hybridized carbons (Fsp3) is 0.200. The van der Waals surface area contributed by atoms with Crippen molar-refractivity contribution < 1.29 is 9.53 Å². The lowest BCUT2D eigenvalue weighted by molar-refractivity contribution is -0.112. The van der Waals surface area contributed by atoms with Gasteiger partial charge in [-0.25, -0.2) is 0 Å². The van der Waals surface area contributed by atoms with Gasteiger partial charge in [0.1, 0.15) is 28.6 Å². The summed E-state index contributed by atoms with van der Waals surface area (Å²) in [5.74, 6) is -0.150. The van der Waals surface area contributed by atoms with Gasteiger partial charge in [-0.15, -0.1) is 0 Å². The Morgan fingerprint density at radius 2 is 1.78 bits per heavy atom. The Bertz CT molecular complexity index is 1620. The average molecular weight is 493 g/mol. The molecule has 0 atom stereocenters. The maximum atomic E-state index is 13.4. The molecule has 0 fully saturated rings. The van der Waals surface area contributed by atoms with Gasteiger partial charge in [-0.05, 0) is 78.4 Å². The van der Waals surface area contributed by atoms with Crippen molar-refractivity contribution in [3.05, 3.63) is 105 Å².